The van der Waals surface area contributed by atoms with E-state index in [1.165, 1.54) is 5.56 Å². The Morgan fingerprint density at radius 3 is 2.12 bits per heavy atom. The molecule has 0 radical (unpaired) electrons. The average Bonchev–Trinajstić information content (AvgIpc) is 3.02. The summed E-state index contributed by atoms with van der Waals surface area (Å²) in [5, 5.41) is 5.14. The first kappa shape index (κ1) is 29.1. The molecule has 5 heteroatoms. The van der Waals surface area contributed by atoms with E-state index in [0.29, 0.717) is 5.82 Å². The summed E-state index contributed by atoms with van der Waals surface area (Å²) < 4.78 is 0. The van der Waals surface area contributed by atoms with Gasteiger partial charge in [-0.1, -0.05) is 111 Å². The van der Waals surface area contributed by atoms with Gasteiger partial charge < -0.3 is 10.3 Å². The van der Waals surface area contributed by atoms with Crippen LogP contribution < -0.4 is 0 Å². The van der Waals surface area contributed by atoms with E-state index in [1.807, 2.05) is 66.9 Å². The molecule has 0 bridgehead atoms. The molecule has 0 unspecified atom stereocenters. The molecule has 42 heavy (non-hydrogen) atoms. The molecule has 208 valence electrons. The summed E-state index contributed by atoms with van der Waals surface area (Å²) >= 11 is 0. The average molecular weight is 726 g/mol. The van der Waals surface area contributed by atoms with Gasteiger partial charge in [0.25, 0.3) is 0 Å². The minimum atomic E-state index is -0.0264. The number of hydrogen-bond acceptors (Lipinski definition) is 3. The molecule has 0 aliphatic carbocycles. The van der Waals surface area contributed by atoms with E-state index in [2.05, 4.69) is 80.4 Å². The van der Waals surface area contributed by atoms with E-state index in [4.69, 9.17) is 15.3 Å². The Morgan fingerprint density at radius 2 is 1.33 bits per heavy atom. The third-order valence-electron chi connectivity index (χ3n) is 7.04. The summed E-state index contributed by atoms with van der Waals surface area (Å²) in [7, 11) is 0. The van der Waals surface area contributed by atoms with Gasteiger partial charge in [-0.3, -0.25) is 9.97 Å². The quantitative estimate of drug-likeness (QED) is 0.161. The summed E-state index contributed by atoms with van der Waals surface area (Å²) in [4.78, 5) is 14.0. The Bertz CT molecular complexity index is 1790. The molecule has 0 N–H and O–H groups in total. The van der Waals surface area contributed by atoms with Crippen LogP contribution in [0.15, 0.2) is 128 Å². The SMILES string of the molecule is CC(C)(C)c1ccc([N-]c2ncccc2-c2[c-]c(-c3ccccn3)ccc2)c(-c2cc(-c3ccccc3)ccn2)c1.[Pt+2]. The van der Waals surface area contributed by atoms with Crippen molar-refractivity contribution in [3.63, 3.8) is 0 Å². The first-order chi connectivity index (χ1) is 20.0. The molecule has 6 aromatic rings. The Morgan fingerprint density at radius 1 is 0.571 bits per heavy atom. The molecular weight excluding hydrogens is 696 g/mol. The summed E-state index contributed by atoms with van der Waals surface area (Å²) in [6.07, 6.45) is 5.45. The van der Waals surface area contributed by atoms with Crippen LogP contribution in [-0.2, 0) is 26.5 Å². The number of aromatic nitrogens is 3. The minimum absolute atomic E-state index is 0. The molecular formula is C37H30N4Pt. The van der Waals surface area contributed by atoms with Crippen LogP contribution in [0.25, 0.3) is 50.1 Å². The Balaban J connectivity index is 0.00000353. The first-order valence-electron chi connectivity index (χ1n) is 13.7. The summed E-state index contributed by atoms with van der Waals surface area (Å²) in [5.41, 5.74) is 9.74. The predicted octanol–water partition coefficient (Wildman–Crippen LogP) is 9.97. The largest absolute Gasteiger partial charge is 2.00 e. The molecule has 3 heterocycles. The van der Waals surface area contributed by atoms with Gasteiger partial charge in [0.05, 0.1) is 5.69 Å². The van der Waals surface area contributed by atoms with Gasteiger partial charge in [0.2, 0.25) is 0 Å². The van der Waals surface area contributed by atoms with Crippen LogP contribution in [0.2, 0.25) is 0 Å². The maximum absolute atomic E-state index is 5.14. The number of pyridine rings is 3. The van der Waals surface area contributed by atoms with Crippen LogP contribution in [-0.4, -0.2) is 15.0 Å². The van der Waals surface area contributed by atoms with E-state index in [1.54, 1.807) is 12.4 Å². The second-order valence-electron chi connectivity index (χ2n) is 11.0. The van der Waals surface area contributed by atoms with Crippen LogP contribution in [0.5, 0.6) is 0 Å². The topological polar surface area (TPSA) is 52.8 Å². The molecule has 0 amide bonds. The zero-order chi connectivity index (χ0) is 28.2. The second-order valence-corrected chi connectivity index (χ2v) is 11.0. The van der Waals surface area contributed by atoms with Gasteiger partial charge in [-0.25, -0.2) is 0 Å². The van der Waals surface area contributed by atoms with Gasteiger partial charge in [-0.2, -0.15) is 0 Å². The smallest absolute Gasteiger partial charge is 0.449 e. The van der Waals surface area contributed by atoms with Gasteiger partial charge in [0.1, 0.15) is 0 Å². The molecule has 0 fully saturated rings. The van der Waals surface area contributed by atoms with Crippen molar-refractivity contribution in [2.45, 2.75) is 26.2 Å². The van der Waals surface area contributed by atoms with Crippen molar-refractivity contribution >= 4 is 11.5 Å². The summed E-state index contributed by atoms with van der Waals surface area (Å²) in [6.45, 7) is 6.66. The molecule has 0 atom stereocenters. The van der Waals surface area contributed by atoms with Crippen LogP contribution >= 0.6 is 0 Å². The minimum Gasteiger partial charge on any atom is -0.449 e. The fourth-order valence-corrected chi connectivity index (χ4v) is 4.80. The fraction of sp³-hybridized carbons (Fsp3) is 0.108. The summed E-state index contributed by atoms with van der Waals surface area (Å²) in [6, 6.07) is 40.5. The molecule has 0 aliphatic rings. The van der Waals surface area contributed by atoms with Crippen LogP contribution in [0, 0.1) is 6.07 Å². The molecule has 0 saturated heterocycles. The first-order valence-corrected chi connectivity index (χ1v) is 13.7. The van der Waals surface area contributed by atoms with E-state index in [-0.39, 0.29) is 26.5 Å². The Labute approximate surface area is 262 Å². The maximum Gasteiger partial charge on any atom is 2.00 e. The van der Waals surface area contributed by atoms with Gasteiger partial charge in [0.15, 0.2) is 0 Å². The van der Waals surface area contributed by atoms with E-state index < -0.39 is 0 Å². The van der Waals surface area contributed by atoms with Crippen molar-refractivity contribution < 1.29 is 21.1 Å². The van der Waals surface area contributed by atoms with Gasteiger partial charge in [-0.15, -0.1) is 29.8 Å². The van der Waals surface area contributed by atoms with Gasteiger partial charge in [-0.05, 0) is 52.1 Å². The van der Waals surface area contributed by atoms with Crippen LogP contribution in [0.3, 0.4) is 0 Å². The zero-order valence-corrected chi connectivity index (χ0v) is 26.0. The van der Waals surface area contributed by atoms with E-state index in [0.717, 1.165) is 50.5 Å². The fourth-order valence-electron chi connectivity index (χ4n) is 4.80. The van der Waals surface area contributed by atoms with Crippen molar-refractivity contribution in [3.05, 3.63) is 145 Å². The van der Waals surface area contributed by atoms with E-state index >= 15 is 0 Å². The van der Waals surface area contributed by atoms with Crippen molar-refractivity contribution in [2.75, 3.05) is 0 Å². The predicted molar refractivity (Wildman–Crippen MR) is 168 cm³/mol. The number of rotatable bonds is 6. The normalized spacial score (nSPS) is 11.0. The van der Waals surface area contributed by atoms with Crippen LogP contribution in [0.4, 0.5) is 11.5 Å². The van der Waals surface area contributed by atoms with E-state index in [9.17, 15) is 0 Å². The number of benzene rings is 3. The van der Waals surface area contributed by atoms with Crippen molar-refractivity contribution in [1.82, 2.24) is 15.0 Å². The Kier molecular flexibility index (Phi) is 8.75. The molecule has 0 aliphatic heterocycles. The zero-order valence-electron chi connectivity index (χ0n) is 23.7. The third kappa shape index (κ3) is 6.40. The standard InChI is InChI=1S/C37H30N4.Pt/c1-37(2,3)30-17-18-34(32(25-30)35-24-27(19-22-39-35)26-11-5-4-6-12-26)41-36-31(15-10-21-40-36)28-13-9-14-29(23-28)33-16-7-8-20-38-33;/h4-22,24-25H,1-3H3;/q-2;+2. The Hall–Kier alpha value is -4.40. The molecule has 3 aromatic carbocycles. The monoisotopic (exact) mass is 725 g/mol. The van der Waals surface area contributed by atoms with Gasteiger partial charge >= 0.3 is 21.1 Å². The second kappa shape index (κ2) is 12.6. The van der Waals surface area contributed by atoms with Crippen molar-refractivity contribution in [2.24, 2.45) is 0 Å². The molecule has 3 aromatic heterocycles. The maximum atomic E-state index is 5.14. The molecule has 6 rings (SSSR count). The number of nitrogens with zero attached hydrogens (tertiary/aromatic N) is 4. The molecule has 0 spiro atoms. The van der Waals surface area contributed by atoms with Crippen molar-refractivity contribution in [3.8, 4) is 44.8 Å². The third-order valence-corrected chi connectivity index (χ3v) is 7.04. The summed E-state index contributed by atoms with van der Waals surface area (Å²) in [5.74, 6) is 0.630. The molecule has 4 nitrogen and oxygen atoms in total. The van der Waals surface area contributed by atoms with Crippen LogP contribution in [0.1, 0.15) is 26.3 Å². The molecule has 0 saturated carbocycles. The van der Waals surface area contributed by atoms with Crippen molar-refractivity contribution in [1.29, 1.82) is 0 Å². The van der Waals surface area contributed by atoms with Gasteiger partial charge in [0, 0.05) is 23.7 Å². The number of hydrogen-bond donors (Lipinski definition) is 0.